The number of benzene rings is 1. The van der Waals surface area contributed by atoms with Gasteiger partial charge in [-0.05, 0) is 12.5 Å². The van der Waals surface area contributed by atoms with Gasteiger partial charge in [-0.3, -0.25) is 4.79 Å². The van der Waals surface area contributed by atoms with Crippen LogP contribution in [0.25, 0.3) is 0 Å². The molecule has 1 unspecified atom stereocenters. The molecule has 0 saturated heterocycles. The number of aliphatic hydroxyl groups excluding tert-OH is 1. The largest absolute Gasteiger partial charge is 0.396 e. The summed E-state index contributed by atoms with van der Waals surface area (Å²) < 4.78 is 0. The van der Waals surface area contributed by atoms with E-state index in [1.165, 1.54) is 0 Å². The van der Waals surface area contributed by atoms with Crippen molar-refractivity contribution in [2.24, 2.45) is 5.92 Å². The molecule has 0 heterocycles. The molecule has 0 aromatic heterocycles. The van der Waals surface area contributed by atoms with E-state index < -0.39 is 0 Å². The average Bonchev–Trinajstić information content (AvgIpc) is 2.16. The molecule has 1 rings (SSSR count). The van der Waals surface area contributed by atoms with E-state index in [1.54, 1.807) is 13.0 Å². The molecule has 0 amide bonds. The van der Waals surface area contributed by atoms with Crippen LogP contribution in [0.2, 0.25) is 0 Å². The van der Waals surface area contributed by atoms with E-state index in [1.807, 2.05) is 25.1 Å². The quantitative estimate of drug-likeness (QED) is 0.717. The lowest BCUT2D eigenvalue weighted by atomic mass is 9.97. The van der Waals surface area contributed by atoms with Crippen molar-refractivity contribution in [3.05, 3.63) is 35.4 Å². The number of Topliss-reactive ketones (excluding diaryl/α,β-unsaturated/α-hetero) is 1. The lowest BCUT2D eigenvalue weighted by molar-refractivity contribution is 0.0877. The summed E-state index contributed by atoms with van der Waals surface area (Å²) in [6, 6.07) is 7.43. The summed E-state index contributed by atoms with van der Waals surface area (Å²) in [5.74, 6) is -0.290. The number of aliphatic hydroxyl groups is 1. The number of ketones is 1. The van der Waals surface area contributed by atoms with E-state index in [0.717, 1.165) is 5.56 Å². The minimum Gasteiger partial charge on any atom is -0.396 e. The standard InChI is InChI=1S/C11H14O2/c1-8-5-3-4-6-10(8)11(13)9(2)7-12/h3-6,9,12H,7H2,1-2H3. The molecule has 13 heavy (non-hydrogen) atoms. The molecule has 2 nitrogen and oxygen atoms in total. The predicted molar refractivity (Wildman–Crippen MR) is 51.8 cm³/mol. The summed E-state index contributed by atoms with van der Waals surface area (Å²) in [7, 11) is 0. The van der Waals surface area contributed by atoms with Gasteiger partial charge >= 0.3 is 0 Å². The average molecular weight is 178 g/mol. The van der Waals surface area contributed by atoms with E-state index in [-0.39, 0.29) is 18.3 Å². The minimum absolute atomic E-state index is 0.0144. The Morgan fingerprint density at radius 3 is 2.62 bits per heavy atom. The second-order valence-corrected chi connectivity index (χ2v) is 3.26. The molecule has 0 spiro atoms. The van der Waals surface area contributed by atoms with Crippen molar-refractivity contribution < 1.29 is 9.90 Å². The van der Waals surface area contributed by atoms with Gasteiger partial charge in [0.25, 0.3) is 0 Å². The maximum absolute atomic E-state index is 11.6. The number of hydrogen-bond donors (Lipinski definition) is 1. The first-order valence-corrected chi connectivity index (χ1v) is 4.37. The SMILES string of the molecule is Cc1ccccc1C(=O)C(C)CO. The molecule has 0 saturated carbocycles. The molecule has 2 heteroatoms. The second-order valence-electron chi connectivity index (χ2n) is 3.26. The van der Waals surface area contributed by atoms with Gasteiger partial charge in [0, 0.05) is 11.5 Å². The Morgan fingerprint density at radius 1 is 1.46 bits per heavy atom. The van der Waals surface area contributed by atoms with Crippen molar-refractivity contribution in [1.82, 2.24) is 0 Å². The van der Waals surface area contributed by atoms with Crippen LogP contribution in [0, 0.1) is 12.8 Å². The molecule has 0 radical (unpaired) electrons. The van der Waals surface area contributed by atoms with E-state index in [9.17, 15) is 4.79 Å². The number of aryl methyl sites for hydroxylation is 1. The lowest BCUT2D eigenvalue weighted by Crippen LogP contribution is -2.15. The zero-order valence-corrected chi connectivity index (χ0v) is 7.95. The summed E-state index contributed by atoms with van der Waals surface area (Å²) in [5, 5.41) is 8.84. The van der Waals surface area contributed by atoms with Crippen molar-refractivity contribution in [3.63, 3.8) is 0 Å². The Labute approximate surface area is 78.2 Å². The Balaban J connectivity index is 2.95. The van der Waals surface area contributed by atoms with Gasteiger partial charge in [-0.25, -0.2) is 0 Å². The first-order valence-electron chi connectivity index (χ1n) is 4.37. The third-order valence-corrected chi connectivity index (χ3v) is 2.13. The molecule has 0 aliphatic rings. The fourth-order valence-electron chi connectivity index (χ4n) is 1.20. The predicted octanol–water partition coefficient (Wildman–Crippen LogP) is 1.81. The van der Waals surface area contributed by atoms with Crippen LogP contribution >= 0.6 is 0 Å². The molecule has 1 N–H and O–H groups in total. The molecule has 1 aromatic rings. The highest BCUT2D eigenvalue weighted by Crippen LogP contribution is 2.12. The van der Waals surface area contributed by atoms with Gasteiger partial charge in [-0.15, -0.1) is 0 Å². The monoisotopic (exact) mass is 178 g/mol. The van der Waals surface area contributed by atoms with Gasteiger partial charge in [0.1, 0.15) is 0 Å². The van der Waals surface area contributed by atoms with Crippen molar-refractivity contribution >= 4 is 5.78 Å². The highest BCUT2D eigenvalue weighted by atomic mass is 16.3. The molecule has 0 bridgehead atoms. The normalized spacial score (nSPS) is 12.5. The van der Waals surface area contributed by atoms with Crippen LogP contribution in [0.3, 0.4) is 0 Å². The van der Waals surface area contributed by atoms with Crippen LogP contribution in [-0.2, 0) is 0 Å². The summed E-state index contributed by atoms with van der Waals surface area (Å²) in [5.41, 5.74) is 1.68. The van der Waals surface area contributed by atoms with Crippen LogP contribution < -0.4 is 0 Å². The molecule has 0 aliphatic heterocycles. The maximum Gasteiger partial charge on any atom is 0.168 e. The van der Waals surface area contributed by atoms with Crippen LogP contribution in [0.4, 0.5) is 0 Å². The van der Waals surface area contributed by atoms with E-state index in [0.29, 0.717) is 5.56 Å². The third-order valence-electron chi connectivity index (χ3n) is 2.13. The van der Waals surface area contributed by atoms with E-state index in [4.69, 9.17) is 5.11 Å². The molecule has 0 aliphatic carbocycles. The lowest BCUT2D eigenvalue weighted by Gasteiger charge is -2.08. The fourth-order valence-corrected chi connectivity index (χ4v) is 1.20. The van der Waals surface area contributed by atoms with Crippen LogP contribution in [0.15, 0.2) is 24.3 Å². The van der Waals surface area contributed by atoms with Crippen molar-refractivity contribution in [2.75, 3.05) is 6.61 Å². The van der Waals surface area contributed by atoms with Gasteiger partial charge in [0.05, 0.1) is 6.61 Å². The highest BCUT2D eigenvalue weighted by molar-refractivity contribution is 5.98. The topological polar surface area (TPSA) is 37.3 Å². The molecule has 1 aromatic carbocycles. The first-order chi connectivity index (χ1) is 6.16. The van der Waals surface area contributed by atoms with E-state index >= 15 is 0 Å². The van der Waals surface area contributed by atoms with Crippen molar-refractivity contribution in [3.8, 4) is 0 Å². The summed E-state index contributed by atoms with van der Waals surface area (Å²) in [6.07, 6.45) is 0. The Morgan fingerprint density at radius 2 is 2.08 bits per heavy atom. The minimum atomic E-state index is -0.305. The molecular formula is C11H14O2. The Bertz CT molecular complexity index is 305. The van der Waals surface area contributed by atoms with Crippen molar-refractivity contribution in [2.45, 2.75) is 13.8 Å². The Kier molecular flexibility index (Phi) is 3.20. The van der Waals surface area contributed by atoms with Crippen LogP contribution in [-0.4, -0.2) is 17.5 Å². The van der Waals surface area contributed by atoms with Crippen LogP contribution in [0.1, 0.15) is 22.8 Å². The summed E-state index contributed by atoms with van der Waals surface area (Å²) >= 11 is 0. The molecule has 70 valence electrons. The number of carbonyl (C=O) groups excluding carboxylic acids is 1. The van der Waals surface area contributed by atoms with Crippen LogP contribution in [0.5, 0.6) is 0 Å². The number of rotatable bonds is 3. The molecule has 0 fully saturated rings. The number of hydrogen-bond acceptors (Lipinski definition) is 2. The maximum atomic E-state index is 11.6. The van der Waals surface area contributed by atoms with E-state index in [2.05, 4.69) is 0 Å². The van der Waals surface area contributed by atoms with Gasteiger partial charge in [0.2, 0.25) is 0 Å². The van der Waals surface area contributed by atoms with Crippen molar-refractivity contribution in [1.29, 1.82) is 0 Å². The molecule has 1 atom stereocenters. The Hall–Kier alpha value is -1.15. The first kappa shape index (κ1) is 9.93. The van der Waals surface area contributed by atoms with Gasteiger partial charge in [-0.1, -0.05) is 31.2 Å². The van der Waals surface area contributed by atoms with Gasteiger partial charge in [-0.2, -0.15) is 0 Å². The summed E-state index contributed by atoms with van der Waals surface area (Å²) in [6.45, 7) is 3.54. The van der Waals surface area contributed by atoms with Gasteiger partial charge < -0.3 is 5.11 Å². The second kappa shape index (κ2) is 4.19. The third kappa shape index (κ3) is 2.16. The number of carbonyl (C=O) groups is 1. The zero-order valence-electron chi connectivity index (χ0n) is 7.95. The smallest absolute Gasteiger partial charge is 0.168 e. The molecular weight excluding hydrogens is 164 g/mol. The highest BCUT2D eigenvalue weighted by Gasteiger charge is 2.15. The zero-order chi connectivity index (χ0) is 9.84. The fraction of sp³-hybridized carbons (Fsp3) is 0.364. The van der Waals surface area contributed by atoms with Gasteiger partial charge in [0.15, 0.2) is 5.78 Å². The summed E-state index contributed by atoms with van der Waals surface area (Å²) in [4.78, 5) is 11.6.